The van der Waals surface area contributed by atoms with Gasteiger partial charge in [0.25, 0.3) is 0 Å². The first-order valence-electron chi connectivity index (χ1n) is 10.0. The van der Waals surface area contributed by atoms with E-state index in [2.05, 4.69) is 5.32 Å². The zero-order valence-electron chi connectivity index (χ0n) is 18.0. The third kappa shape index (κ3) is 6.60. The van der Waals surface area contributed by atoms with Gasteiger partial charge in [-0.3, -0.25) is 9.59 Å². The minimum atomic E-state index is -3.19. The van der Waals surface area contributed by atoms with Crippen LogP contribution in [0.15, 0.2) is 18.2 Å². The summed E-state index contributed by atoms with van der Waals surface area (Å²) < 4.78 is 34.8. The number of ether oxygens (including phenoxy) is 2. The predicted octanol–water partition coefficient (Wildman–Crippen LogP) is 1.000. The van der Waals surface area contributed by atoms with Gasteiger partial charge >= 0.3 is 11.8 Å². The quantitative estimate of drug-likeness (QED) is 0.570. The van der Waals surface area contributed by atoms with Gasteiger partial charge in [-0.2, -0.15) is 0 Å². The number of amides is 2. The van der Waals surface area contributed by atoms with Gasteiger partial charge in [-0.05, 0) is 46.5 Å². The molecule has 1 aliphatic rings. The molecule has 30 heavy (non-hydrogen) atoms. The van der Waals surface area contributed by atoms with Gasteiger partial charge in [0.15, 0.2) is 21.3 Å². The number of nitrogens with one attached hydrogen (secondary N) is 1. The number of likely N-dealkylation sites (N-methyl/N-ethyl adjacent to an activating group) is 1. The number of rotatable bonds is 9. The number of hydrogen-bond donors (Lipinski definition) is 1. The van der Waals surface area contributed by atoms with Gasteiger partial charge < -0.3 is 24.6 Å². The molecule has 2 rings (SSSR count). The van der Waals surface area contributed by atoms with Crippen molar-refractivity contribution in [1.82, 2.24) is 9.80 Å². The van der Waals surface area contributed by atoms with Gasteiger partial charge in [0.2, 0.25) is 0 Å². The topological polar surface area (TPSA) is 105 Å². The number of benzene rings is 1. The Kier molecular flexibility index (Phi) is 8.48. The molecule has 1 heterocycles. The molecule has 1 N–H and O–H groups in total. The van der Waals surface area contributed by atoms with Crippen LogP contribution < -0.4 is 14.8 Å². The molecule has 9 nitrogen and oxygen atoms in total. The van der Waals surface area contributed by atoms with Crippen molar-refractivity contribution < 1.29 is 27.5 Å². The fraction of sp³-hybridized carbons (Fsp3) is 0.600. The van der Waals surface area contributed by atoms with Gasteiger partial charge in [0.1, 0.15) is 0 Å². The second kappa shape index (κ2) is 10.6. The Morgan fingerprint density at radius 1 is 1.10 bits per heavy atom. The summed E-state index contributed by atoms with van der Waals surface area (Å²) in [7, 11) is 0.512. The Morgan fingerprint density at radius 3 is 2.33 bits per heavy atom. The molecule has 1 atom stereocenters. The van der Waals surface area contributed by atoms with Crippen molar-refractivity contribution in [2.24, 2.45) is 0 Å². The predicted molar refractivity (Wildman–Crippen MR) is 115 cm³/mol. The molecule has 1 unspecified atom stereocenters. The largest absolute Gasteiger partial charge is 0.490 e. The summed E-state index contributed by atoms with van der Waals surface area (Å²) in [5.41, 5.74) is 0.395. The Bertz CT molecular complexity index is 856. The van der Waals surface area contributed by atoms with Crippen LogP contribution in [0.5, 0.6) is 11.5 Å². The highest BCUT2D eigenvalue weighted by Crippen LogP contribution is 2.30. The summed E-state index contributed by atoms with van der Waals surface area (Å²) in [4.78, 5) is 28.8. The molecule has 1 fully saturated rings. The van der Waals surface area contributed by atoms with Gasteiger partial charge in [0, 0.05) is 30.9 Å². The van der Waals surface area contributed by atoms with Crippen LogP contribution >= 0.6 is 0 Å². The fourth-order valence-corrected chi connectivity index (χ4v) is 4.95. The van der Waals surface area contributed by atoms with E-state index < -0.39 is 27.7 Å². The second-order valence-electron chi connectivity index (χ2n) is 7.34. The van der Waals surface area contributed by atoms with Gasteiger partial charge in [0.05, 0.1) is 24.7 Å². The van der Waals surface area contributed by atoms with E-state index in [4.69, 9.17) is 9.47 Å². The highest BCUT2D eigenvalue weighted by atomic mass is 32.2. The minimum Gasteiger partial charge on any atom is -0.490 e. The van der Waals surface area contributed by atoms with E-state index in [-0.39, 0.29) is 18.1 Å². The average molecular weight is 442 g/mol. The summed E-state index contributed by atoms with van der Waals surface area (Å²) in [5, 5.41) is 2.59. The van der Waals surface area contributed by atoms with Crippen LogP contribution in [0.1, 0.15) is 20.3 Å². The first-order valence-corrected chi connectivity index (χ1v) is 11.9. The lowest BCUT2D eigenvalue weighted by Crippen LogP contribution is -2.48. The summed E-state index contributed by atoms with van der Waals surface area (Å²) in [5.74, 6) is -0.627. The maximum atomic E-state index is 12.9. The number of hydrogen-bond acceptors (Lipinski definition) is 7. The van der Waals surface area contributed by atoms with Crippen molar-refractivity contribution in [3.05, 3.63) is 18.2 Å². The molecular weight excluding hydrogens is 410 g/mol. The second-order valence-corrected chi connectivity index (χ2v) is 9.57. The van der Waals surface area contributed by atoms with E-state index in [1.54, 1.807) is 18.2 Å². The molecule has 0 aliphatic carbocycles. The maximum Gasteiger partial charge on any atom is 0.313 e. The molecule has 1 aromatic rings. The molecule has 10 heteroatoms. The minimum absolute atomic E-state index is 0.0294. The lowest BCUT2D eigenvalue weighted by Gasteiger charge is -2.28. The number of sulfone groups is 1. The molecule has 0 saturated carbocycles. The van der Waals surface area contributed by atoms with Crippen LogP contribution in [0.25, 0.3) is 0 Å². The average Bonchev–Trinajstić information content (AvgIpc) is 3.03. The Morgan fingerprint density at radius 2 is 1.77 bits per heavy atom. The molecule has 0 radical (unpaired) electrons. The standard InChI is InChI=1S/C20H31N3O6S/c1-5-28-17-8-7-15(13-18(17)29-6-2)21-19(24)20(25)23(11-10-22(3)4)16-9-12-30(26,27)14-16/h7-8,13,16H,5-6,9-12,14H2,1-4H3,(H,21,24). The van der Waals surface area contributed by atoms with Crippen molar-refractivity contribution >= 4 is 27.3 Å². The summed E-state index contributed by atoms with van der Waals surface area (Å²) in [6, 6.07) is 4.40. The zero-order valence-corrected chi connectivity index (χ0v) is 18.8. The lowest BCUT2D eigenvalue weighted by molar-refractivity contribution is -0.144. The molecule has 168 valence electrons. The molecular formula is C20H31N3O6S. The monoisotopic (exact) mass is 441 g/mol. The third-order valence-electron chi connectivity index (χ3n) is 4.69. The van der Waals surface area contributed by atoms with E-state index in [9.17, 15) is 18.0 Å². The first kappa shape index (κ1) is 23.9. The third-order valence-corrected chi connectivity index (χ3v) is 6.44. The van der Waals surface area contributed by atoms with Gasteiger partial charge in [-0.1, -0.05) is 0 Å². The number of carbonyl (C=O) groups excluding carboxylic acids is 2. The SMILES string of the molecule is CCOc1ccc(NC(=O)C(=O)N(CCN(C)C)C2CCS(=O)(=O)C2)cc1OCC. The van der Waals surface area contributed by atoms with Crippen molar-refractivity contribution in [2.45, 2.75) is 26.3 Å². The van der Waals surface area contributed by atoms with E-state index >= 15 is 0 Å². The van der Waals surface area contributed by atoms with E-state index in [0.29, 0.717) is 43.4 Å². The van der Waals surface area contributed by atoms with E-state index in [0.717, 1.165) is 0 Å². The van der Waals surface area contributed by atoms with Crippen molar-refractivity contribution in [3.63, 3.8) is 0 Å². The van der Waals surface area contributed by atoms with Crippen LogP contribution in [0, 0.1) is 0 Å². The number of anilines is 1. The van der Waals surface area contributed by atoms with Crippen LogP contribution in [0.2, 0.25) is 0 Å². The Labute approximate surface area is 178 Å². The van der Waals surface area contributed by atoms with Crippen LogP contribution in [-0.2, 0) is 19.4 Å². The van der Waals surface area contributed by atoms with Crippen LogP contribution in [-0.4, -0.2) is 88.0 Å². The van der Waals surface area contributed by atoms with Gasteiger partial charge in [-0.25, -0.2) is 8.42 Å². The van der Waals surface area contributed by atoms with E-state index in [1.165, 1.54) is 4.90 Å². The Balaban J connectivity index is 2.16. The maximum absolute atomic E-state index is 12.9. The molecule has 1 aromatic carbocycles. The molecule has 1 aliphatic heterocycles. The molecule has 1 saturated heterocycles. The lowest BCUT2D eigenvalue weighted by atomic mass is 10.2. The van der Waals surface area contributed by atoms with Crippen LogP contribution in [0.3, 0.4) is 0 Å². The molecule has 0 aromatic heterocycles. The molecule has 0 spiro atoms. The summed E-state index contributed by atoms with van der Waals surface area (Å²) in [6.07, 6.45) is 0.340. The van der Waals surface area contributed by atoms with E-state index in [1.807, 2.05) is 32.8 Å². The number of nitrogens with zero attached hydrogens (tertiary/aromatic N) is 2. The summed E-state index contributed by atoms with van der Waals surface area (Å²) >= 11 is 0. The number of carbonyl (C=O) groups is 2. The van der Waals surface area contributed by atoms with Crippen molar-refractivity contribution in [2.75, 3.05) is 57.2 Å². The Hall–Kier alpha value is -2.33. The molecule has 2 amide bonds. The highest BCUT2D eigenvalue weighted by molar-refractivity contribution is 7.91. The zero-order chi connectivity index (χ0) is 22.3. The highest BCUT2D eigenvalue weighted by Gasteiger charge is 2.36. The smallest absolute Gasteiger partial charge is 0.313 e. The normalized spacial score (nSPS) is 17.6. The molecule has 0 bridgehead atoms. The van der Waals surface area contributed by atoms with Crippen molar-refractivity contribution in [1.29, 1.82) is 0 Å². The first-order chi connectivity index (χ1) is 14.2. The fourth-order valence-electron chi connectivity index (χ4n) is 3.22. The summed E-state index contributed by atoms with van der Waals surface area (Å²) in [6.45, 7) is 5.37. The van der Waals surface area contributed by atoms with Crippen LogP contribution in [0.4, 0.5) is 5.69 Å². The van der Waals surface area contributed by atoms with Gasteiger partial charge in [-0.15, -0.1) is 0 Å². The van der Waals surface area contributed by atoms with Crippen molar-refractivity contribution in [3.8, 4) is 11.5 Å².